The lowest BCUT2D eigenvalue weighted by Crippen LogP contribution is -2.34. The zero-order valence-corrected chi connectivity index (χ0v) is 11.2. The van der Waals surface area contributed by atoms with Crippen LogP contribution < -0.4 is 11.1 Å². The Balaban J connectivity index is 3.46. The molecule has 0 bridgehead atoms. The number of carboxylic acids is 2. The van der Waals surface area contributed by atoms with E-state index in [1.807, 2.05) is 0 Å². The van der Waals surface area contributed by atoms with Crippen molar-refractivity contribution in [1.82, 2.24) is 5.32 Å². The van der Waals surface area contributed by atoms with Crippen LogP contribution in [-0.2, 0) is 9.59 Å². The molecule has 0 saturated heterocycles. The van der Waals surface area contributed by atoms with Crippen molar-refractivity contribution in [3.05, 3.63) is 0 Å². The summed E-state index contributed by atoms with van der Waals surface area (Å²) in [5, 5.41) is 20.0. The van der Waals surface area contributed by atoms with Crippen LogP contribution in [0.4, 0.5) is 0 Å². The van der Waals surface area contributed by atoms with Crippen LogP contribution in [0.5, 0.6) is 0 Å². The Morgan fingerprint density at radius 2 is 1.71 bits per heavy atom. The van der Waals surface area contributed by atoms with Crippen LogP contribution in [0.15, 0.2) is 0 Å². The predicted octanol–water partition coefficient (Wildman–Crippen LogP) is 0.233. The van der Waals surface area contributed by atoms with Crippen molar-refractivity contribution in [3.8, 4) is 0 Å². The molecule has 0 fully saturated rings. The Bertz CT molecular complexity index is 253. The van der Waals surface area contributed by atoms with Gasteiger partial charge in [-0.15, -0.1) is 0 Å². The molecule has 0 heterocycles. The molecule has 0 aromatic heterocycles. The molecular formula is C9H18N2O4S2. The second-order valence-corrected chi connectivity index (χ2v) is 6.05. The minimum Gasteiger partial charge on any atom is -0.480 e. The zero-order valence-electron chi connectivity index (χ0n) is 9.59. The highest BCUT2D eigenvalue weighted by Crippen LogP contribution is 2.23. The van der Waals surface area contributed by atoms with Gasteiger partial charge in [0.05, 0.1) is 0 Å². The van der Waals surface area contributed by atoms with Crippen molar-refractivity contribution < 1.29 is 19.8 Å². The van der Waals surface area contributed by atoms with Crippen LogP contribution in [0.25, 0.3) is 0 Å². The van der Waals surface area contributed by atoms with E-state index in [1.54, 1.807) is 7.05 Å². The van der Waals surface area contributed by atoms with Crippen LogP contribution in [0.3, 0.4) is 0 Å². The second-order valence-electron chi connectivity index (χ2n) is 3.35. The standard InChI is InChI=1S/C9H18N2O4S2/c1-11-7(9(14)15)3-5-17-16-4-2-6(10)8(12)13/h6-7,11H,2-5,10H2,1H3,(H,12,13)(H,14,15)/t6-,7-/m0/s1. The van der Waals surface area contributed by atoms with Gasteiger partial charge in [0.25, 0.3) is 0 Å². The molecule has 0 unspecified atom stereocenters. The second kappa shape index (κ2) is 9.58. The van der Waals surface area contributed by atoms with Crippen molar-refractivity contribution in [2.24, 2.45) is 5.73 Å². The van der Waals surface area contributed by atoms with E-state index in [2.05, 4.69) is 5.32 Å². The van der Waals surface area contributed by atoms with Gasteiger partial charge in [-0.3, -0.25) is 9.59 Å². The number of nitrogens with two attached hydrogens (primary N) is 1. The van der Waals surface area contributed by atoms with Gasteiger partial charge >= 0.3 is 11.9 Å². The summed E-state index contributed by atoms with van der Waals surface area (Å²) in [5.41, 5.74) is 5.33. The number of hydrogen-bond acceptors (Lipinski definition) is 6. The lowest BCUT2D eigenvalue weighted by molar-refractivity contribution is -0.140. The molecule has 0 radical (unpaired) electrons. The molecule has 0 aliphatic carbocycles. The molecule has 2 atom stereocenters. The summed E-state index contributed by atoms with van der Waals surface area (Å²) in [7, 11) is 4.66. The van der Waals surface area contributed by atoms with E-state index >= 15 is 0 Å². The summed E-state index contributed by atoms with van der Waals surface area (Å²) in [6.07, 6.45) is 0.954. The lowest BCUT2D eigenvalue weighted by atomic mass is 10.2. The van der Waals surface area contributed by atoms with Crippen LogP contribution in [0.2, 0.25) is 0 Å². The predicted molar refractivity (Wildman–Crippen MR) is 70.2 cm³/mol. The average molecular weight is 282 g/mol. The molecule has 0 aliphatic rings. The molecule has 0 aromatic rings. The maximum Gasteiger partial charge on any atom is 0.320 e. The number of aliphatic carboxylic acids is 2. The molecule has 100 valence electrons. The monoisotopic (exact) mass is 282 g/mol. The Kier molecular flexibility index (Phi) is 9.33. The Hall–Kier alpha value is -0.440. The van der Waals surface area contributed by atoms with E-state index in [1.165, 1.54) is 21.6 Å². The molecule has 8 heteroatoms. The summed E-state index contributed by atoms with van der Waals surface area (Å²) < 4.78 is 0. The molecule has 0 amide bonds. The fraction of sp³-hybridized carbons (Fsp3) is 0.778. The molecular weight excluding hydrogens is 264 g/mol. The van der Waals surface area contributed by atoms with Gasteiger partial charge in [0.1, 0.15) is 12.1 Å². The Morgan fingerprint density at radius 1 is 1.18 bits per heavy atom. The number of rotatable bonds is 10. The van der Waals surface area contributed by atoms with Crippen molar-refractivity contribution in [3.63, 3.8) is 0 Å². The van der Waals surface area contributed by atoms with Crippen molar-refractivity contribution in [2.45, 2.75) is 24.9 Å². The van der Waals surface area contributed by atoms with Crippen LogP contribution in [0.1, 0.15) is 12.8 Å². The topological polar surface area (TPSA) is 113 Å². The summed E-state index contributed by atoms with van der Waals surface area (Å²) in [6, 6.07) is -1.34. The summed E-state index contributed by atoms with van der Waals surface area (Å²) >= 11 is 0. The van der Waals surface area contributed by atoms with Gasteiger partial charge in [-0.2, -0.15) is 0 Å². The van der Waals surface area contributed by atoms with Gasteiger partial charge < -0.3 is 21.3 Å². The highest BCUT2D eigenvalue weighted by atomic mass is 33.1. The minimum absolute atomic E-state index is 0.418. The highest BCUT2D eigenvalue weighted by Gasteiger charge is 2.14. The first kappa shape index (κ1) is 16.6. The van der Waals surface area contributed by atoms with Gasteiger partial charge in [0.2, 0.25) is 0 Å². The van der Waals surface area contributed by atoms with Crippen molar-refractivity contribution in [2.75, 3.05) is 18.6 Å². The Labute approximate surface area is 108 Å². The number of likely N-dealkylation sites (N-methyl/N-ethyl adjacent to an activating group) is 1. The van der Waals surface area contributed by atoms with Crippen LogP contribution >= 0.6 is 21.6 Å². The first-order valence-corrected chi connectivity index (χ1v) is 7.60. The largest absolute Gasteiger partial charge is 0.480 e. The molecule has 0 saturated carbocycles. The van der Waals surface area contributed by atoms with Gasteiger partial charge in [-0.05, 0) is 19.9 Å². The minimum atomic E-state index is -0.989. The van der Waals surface area contributed by atoms with Crippen molar-refractivity contribution >= 4 is 33.5 Å². The smallest absolute Gasteiger partial charge is 0.320 e. The van der Waals surface area contributed by atoms with Gasteiger partial charge in [0, 0.05) is 11.5 Å². The number of carboxylic acid groups (broad SMARTS) is 2. The molecule has 17 heavy (non-hydrogen) atoms. The fourth-order valence-electron chi connectivity index (χ4n) is 0.974. The number of carbonyl (C=O) groups is 2. The van der Waals surface area contributed by atoms with Crippen molar-refractivity contribution in [1.29, 1.82) is 0 Å². The molecule has 0 rings (SSSR count). The van der Waals surface area contributed by atoms with E-state index in [9.17, 15) is 9.59 Å². The van der Waals surface area contributed by atoms with E-state index in [0.717, 1.165) is 0 Å². The first-order valence-electron chi connectivity index (χ1n) is 5.12. The number of hydrogen-bond donors (Lipinski definition) is 4. The first-order chi connectivity index (χ1) is 7.99. The number of nitrogens with one attached hydrogen (secondary N) is 1. The van der Waals surface area contributed by atoms with Gasteiger partial charge in [-0.25, -0.2) is 0 Å². The zero-order chi connectivity index (χ0) is 13.3. The van der Waals surface area contributed by atoms with E-state index in [4.69, 9.17) is 15.9 Å². The third-order valence-electron chi connectivity index (χ3n) is 2.05. The lowest BCUT2D eigenvalue weighted by Gasteiger charge is -2.10. The third kappa shape index (κ3) is 8.31. The van der Waals surface area contributed by atoms with E-state index in [0.29, 0.717) is 24.3 Å². The van der Waals surface area contributed by atoms with Gasteiger partial charge in [0.15, 0.2) is 0 Å². The molecule has 0 aromatic carbocycles. The quantitative estimate of drug-likeness (QED) is 0.333. The molecule has 6 nitrogen and oxygen atoms in total. The highest BCUT2D eigenvalue weighted by molar-refractivity contribution is 8.76. The molecule has 5 N–H and O–H groups in total. The SMILES string of the molecule is CN[C@@H](CCSSCC[C@H](N)C(=O)O)C(=O)O. The van der Waals surface area contributed by atoms with Crippen LogP contribution in [0, 0.1) is 0 Å². The van der Waals surface area contributed by atoms with E-state index < -0.39 is 24.0 Å². The maximum absolute atomic E-state index is 10.7. The third-order valence-corrected chi connectivity index (χ3v) is 4.52. The average Bonchev–Trinajstić information content (AvgIpc) is 2.27. The van der Waals surface area contributed by atoms with E-state index in [-0.39, 0.29) is 0 Å². The summed E-state index contributed by atoms with van der Waals surface area (Å²) in [6.45, 7) is 0. The Morgan fingerprint density at radius 3 is 2.12 bits per heavy atom. The molecule has 0 aliphatic heterocycles. The maximum atomic E-state index is 10.7. The molecule has 0 spiro atoms. The normalized spacial score (nSPS) is 14.2. The summed E-state index contributed by atoms with van der Waals surface area (Å²) in [4.78, 5) is 21.1. The van der Waals surface area contributed by atoms with Gasteiger partial charge in [-0.1, -0.05) is 21.6 Å². The summed E-state index contributed by atoms with van der Waals surface area (Å²) in [5.74, 6) is -0.497. The fourth-order valence-corrected chi connectivity index (χ4v) is 3.18. The van der Waals surface area contributed by atoms with Crippen LogP contribution in [-0.4, -0.2) is 52.8 Å².